The molecule has 0 amide bonds. The molecule has 0 fully saturated rings. The Bertz CT molecular complexity index is 1260. The molecule has 30 heavy (non-hydrogen) atoms. The molecule has 2 aromatic carbocycles. The van der Waals surface area contributed by atoms with E-state index >= 15 is 0 Å². The van der Waals surface area contributed by atoms with Gasteiger partial charge in [-0.15, -0.1) is 0 Å². The average Bonchev–Trinajstić information content (AvgIpc) is 3.06. The molecule has 2 aromatic heterocycles. The largest absolute Gasteiger partial charge is 0.426 e. The fourth-order valence-electron chi connectivity index (χ4n) is 3.57. The van der Waals surface area contributed by atoms with Crippen LogP contribution in [-0.4, -0.2) is 11.1 Å². The van der Waals surface area contributed by atoms with Crippen LogP contribution in [0.5, 0.6) is 5.75 Å². The van der Waals surface area contributed by atoms with Gasteiger partial charge in [-0.1, -0.05) is 35.5 Å². The van der Waals surface area contributed by atoms with E-state index < -0.39 is 5.63 Å². The Morgan fingerprint density at radius 2 is 1.83 bits per heavy atom. The van der Waals surface area contributed by atoms with Crippen molar-refractivity contribution in [2.24, 2.45) is 0 Å². The van der Waals surface area contributed by atoms with Crippen molar-refractivity contribution in [3.05, 3.63) is 81.5 Å². The summed E-state index contributed by atoms with van der Waals surface area (Å²) in [5.41, 5.74) is 3.95. The molecule has 0 radical (unpaired) electrons. The zero-order valence-corrected chi connectivity index (χ0v) is 17.0. The number of nitrogens with zero attached hydrogens (tertiary/aromatic N) is 1. The van der Waals surface area contributed by atoms with Gasteiger partial charge >= 0.3 is 11.6 Å². The Morgan fingerprint density at radius 1 is 1.07 bits per heavy atom. The zero-order chi connectivity index (χ0) is 21.3. The maximum absolute atomic E-state index is 12.4. The molecule has 4 rings (SSSR count). The molecule has 6 heteroatoms. The molecule has 0 saturated heterocycles. The number of esters is 1. The highest BCUT2D eigenvalue weighted by atomic mass is 16.5. The second kappa shape index (κ2) is 7.99. The number of fused-ring (bicyclic) bond motifs is 1. The Labute approximate surface area is 173 Å². The summed E-state index contributed by atoms with van der Waals surface area (Å²) < 4.78 is 16.2. The highest BCUT2D eigenvalue weighted by Gasteiger charge is 2.16. The number of hydrogen-bond donors (Lipinski definition) is 0. The summed E-state index contributed by atoms with van der Waals surface area (Å²) in [6, 6.07) is 14.6. The number of ether oxygens (including phenoxy) is 1. The third-order valence-corrected chi connectivity index (χ3v) is 5.18. The molecule has 0 atom stereocenters. The van der Waals surface area contributed by atoms with E-state index in [4.69, 9.17) is 13.7 Å². The molecule has 0 aliphatic heterocycles. The Morgan fingerprint density at radius 3 is 2.53 bits per heavy atom. The van der Waals surface area contributed by atoms with Gasteiger partial charge in [0.05, 0.1) is 12.1 Å². The van der Waals surface area contributed by atoms with E-state index in [9.17, 15) is 9.59 Å². The predicted molar refractivity (Wildman–Crippen MR) is 113 cm³/mol. The SMILES string of the molecule is Cc1noc(C)c1CCC(=O)Oc1ccc2c(-c3ccccc3)cc(=O)oc2c1C. The highest BCUT2D eigenvalue weighted by molar-refractivity contribution is 5.95. The molecule has 0 spiro atoms. The summed E-state index contributed by atoms with van der Waals surface area (Å²) in [4.78, 5) is 24.6. The summed E-state index contributed by atoms with van der Waals surface area (Å²) >= 11 is 0. The first-order valence-electron chi connectivity index (χ1n) is 9.69. The Balaban J connectivity index is 1.62. The third kappa shape index (κ3) is 3.76. The van der Waals surface area contributed by atoms with Gasteiger partial charge in [0.15, 0.2) is 0 Å². The average molecular weight is 403 g/mol. The molecular weight excluding hydrogens is 382 g/mol. The number of hydrogen-bond acceptors (Lipinski definition) is 6. The minimum atomic E-state index is -0.452. The van der Waals surface area contributed by atoms with Gasteiger partial charge in [-0.05, 0) is 50.5 Å². The lowest BCUT2D eigenvalue weighted by Crippen LogP contribution is -2.10. The Hall–Kier alpha value is -3.67. The first-order valence-corrected chi connectivity index (χ1v) is 9.69. The third-order valence-electron chi connectivity index (χ3n) is 5.18. The molecule has 4 aromatic rings. The maximum Gasteiger partial charge on any atom is 0.336 e. The molecule has 152 valence electrons. The van der Waals surface area contributed by atoms with E-state index in [-0.39, 0.29) is 12.4 Å². The van der Waals surface area contributed by atoms with Gasteiger partial charge < -0.3 is 13.7 Å². The van der Waals surface area contributed by atoms with Crippen LogP contribution in [0.15, 0.2) is 62.3 Å². The van der Waals surface area contributed by atoms with Crippen molar-refractivity contribution < 1.29 is 18.5 Å². The topological polar surface area (TPSA) is 82.5 Å². The fraction of sp³-hybridized carbons (Fsp3) is 0.208. The van der Waals surface area contributed by atoms with Crippen LogP contribution >= 0.6 is 0 Å². The first kappa shape index (κ1) is 19.6. The standard InChI is InChI=1S/C24H21NO5/c1-14-21(28-22(26)12-10-18-15(2)25-30-16(18)3)11-9-19-20(13-23(27)29-24(14)19)17-7-5-4-6-8-17/h4-9,11,13H,10,12H2,1-3H3. The van der Waals surface area contributed by atoms with Gasteiger partial charge in [0.1, 0.15) is 17.1 Å². The molecule has 0 aliphatic carbocycles. The lowest BCUT2D eigenvalue weighted by atomic mass is 10.0. The van der Waals surface area contributed by atoms with Crippen LogP contribution in [0, 0.1) is 20.8 Å². The second-order valence-electron chi connectivity index (χ2n) is 7.19. The van der Waals surface area contributed by atoms with E-state index in [1.165, 1.54) is 6.07 Å². The van der Waals surface area contributed by atoms with Crippen molar-refractivity contribution in [2.45, 2.75) is 33.6 Å². The van der Waals surface area contributed by atoms with Crippen LogP contribution in [0.25, 0.3) is 22.1 Å². The van der Waals surface area contributed by atoms with Crippen molar-refractivity contribution >= 4 is 16.9 Å². The van der Waals surface area contributed by atoms with Crippen LogP contribution in [0.3, 0.4) is 0 Å². The quantitative estimate of drug-likeness (QED) is 0.267. The number of aryl methyl sites for hydroxylation is 3. The molecule has 0 N–H and O–H groups in total. The molecule has 6 nitrogen and oxygen atoms in total. The number of carbonyl (C=O) groups excluding carboxylic acids is 1. The summed E-state index contributed by atoms with van der Waals surface area (Å²) in [5.74, 6) is 0.705. The van der Waals surface area contributed by atoms with Gasteiger partial charge in [0.25, 0.3) is 0 Å². The highest BCUT2D eigenvalue weighted by Crippen LogP contribution is 2.33. The van der Waals surface area contributed by atoms with Crippen molar-refractivity contribution in [2.75, 3.05) is 0 Å². The lowest BCUT2D eigenvalue weighted by Gasteiger charge is -2.11. The van der Waals surface area contributed by atoms with Crippen molar-refractivity contribution in [1.29, 1.82) is 0 Å². The molecular formula is C24H21NO5. The monoisotopic (exact) mass is 403 g/mol. The molecule has 0 aliphatic rings. The van der Waals surface area contributed by atoms with Gasteiger partial charge in [0.2, 0.25) is 0 Å². The molecule has 0 bridgehead atoms. The smallest absolute Gasteiger partial charge is 0.336 e. The Kier molecular flexibility index (Phi) is 5.23. The molecule has 2 heterocycles. The molecule has 0 saturated carbocycles. The van der Waals surface area contributed by atoms with Gasteiger partial charge in [-0.2, -0.15) is 0 Å². The zero-order valence-electron chi connectivity index (χ0n) is 17.0. The number of rotatable bonds is 5. The van der Waals surface area contributed by atoms with Gasteiger partial charge in [-0.3, -0.25) is 4.79 Å². The van der Waals surface area contributed by atoms with Crippen LogP contribution in [0.1, 0.15) is 29.0 Å². The van der Waals surface area contributed by atoms with Crippen LogP contribution in [0.2, 0.25) is 0 Å². The minimum Gasteiger partial charge on any atom is -0.426 e. The van der Waals surface area contributed by atoms with Crippen molar-refractivity contribution in [3.8, 4) is 16.9 Å². The number of carbonyl (C=O) groups is 1. The van der Waals surface area contributed by atoms with Gasteiger partial charge in [-0.25, -0.2) is 4.79 Å². The van der Waals surface area contributed by atoms with Crippen LogP contribution < -0.4 is 10.4 Å². The number of benzene rings is 2. The normalized spacial score (nSPS) is 11.0. The first-order chi connectivity index (χ1) is 14.4. The van der Waals surface area contributed by atoms with Crippen LogP contribution in [-0.2, 0) is 11.2 Å². The summed E-state index contributed by atoms with van der Waals surface area (Å²) in [6.45, 7) is 5.44. The summed E-state index contributed by atoms with van der Waals surface area (Å²) in [7, 11) is 0. The van der Waals surface area contributed by atoms with E-state index in [1.807, 2.05) is 50.2 Å². The van der Waals surface area contributed by atoms with E-state index in [2.05, 4.69) is 5.16 Å². The second-order valence-corrected chi connectivity index (χ2v) is 7.19. The maximum atomic E-state index is 12.4. The van der Waals surface area contributed by atoms with E-state index in [1.54, 1.807) is 13.0 Å². The minimum absolute atomic E-state index is 0.189. The summed E-state index contributed by atoms with van der Waals surface area (Å²) in [5, 5.41) is 4.68. The van der Waals surface area contributed by atoms with Crippen molar-refractivity contribution in [1.82, 2.24) is 5.16 Å². The lowest BCUT2D eigenvalue weighted by molar-refractivity contribution is -0.134. The van der Waals surface area contributed by atoms with Gasteiger partial charge in [0, 0.05) is 22.6 Å². The van der Waals surface area contributed by atoms with E-state index in [0.717, 1.165) is 27.8 Å². The molecule has 0 unspecified atom stereocenters. The fourth-order valence-corrected chi connectivity index (χ4v) is 3.57. The van der Waals surface area contributed by atoms with E-state index in [0.29, 0.717) is 29.1 Å². The predicted octanol–water partition coefficient (Wildman–Crippen LogP) is 4.91. The van der Waals surface area contributed by atoms with Crippen LogP contribution in [0.4, 0.5) is 0 Å². The van der Waals surface area contributed by atoms with Crippen molar-refractivity contribution in [3.63, 3.8) is 0 Å². The summed E-state index contributed by atoms with van der Waals surface area (Å²) in [6.07, 6.45) is 0.675. The number of aromatic nitrogens is 1.